The largest absolute Gasteiger partial charge is 0.322 e. The van der Waals surface area contributed by atoms with E-state index in [4.69, 9.17) is 0 Å². The van der Waals surface area contributed by atoms with Crippen molar-refractivity contribution in [2.45, 2.75) is 12.8 Å². The van der Waals surface area contributed by atoms with Crippen LogP contribution < -0.4 is 9.62 Å². The second-order valence-electron chi connectivity index (χ2n) is 6.80. The standard InChI is InChI=1S/C21H20N2O3S/c1-27(25,26)23-12-4-7-17-14-19(10-11-20(17)23)22-21(24)18-9-8-15-5-2-3-6-16(15)13-18/h2-3,5-6,8-11,13-14H,4,7,12H2,1H3,(H,22,24). The average Bonchev–Trinajstić information content (AvgIpc) is 2.66. The number of aryl methyl sites for hydroxylation is 1. The van der Waals surface area contributed by atoms with Crippen molar-refractivity contribution >= 4 is 38.1 Å². The summed E-state index contributed by atoms with van der Waals surface area (Å²) < 4.78 is 25.4. The molecule has 0 saturated heterocycles. The lowest BCUT2D eigenvalue weighted by Crippen LogP contribution is -2.34. The Kier molecular flexibility index (Phi) is 4.36. The minimum absolute atomic E-state index is 0.184. The van der Waals surface area contributed by atoms with Crippen molar-refractivity contribution in [1.29, 1.82) is 0 Å². The zero-order valence-electron chi connectivity index (χ0n) is 15.0. The van der Waals surface area contributed by atoms with E-state index >= 15 is 0 Å². The number of hydrogen-bond donors (Lipinski definition) is 1. The highest BCUT2D eigenvalue weighted by Gasteiger charge is 2.24. The van der Waals surface area contributed by atoms with Crippen LogP contribution in [0.25, 0.3) is 10.8 Å². The zero-order chi connectivity index (χ0) is 19.0. The first-order valence-corrected chi connectivity index (χ1v) is 10.7. The van der Waals surface area contributed by atoms with E-state index in [9.17, 15) is 13.2 Å². The van der Waals surface area contributed by atoms with Crippen LogP contribution in [0, 0.1) is 0 Å². The van der Waals surface area contributed by atoms with E-state index in [1.807, 2.05) is 48.5 Å². The molecule has 1 amide bonds. The van der Waals surface area contributed by atoms with Gasteiger partial charge in [-0.1, -0.05) is 30.3 Å². The Balaban J connectivity index is 1.60. The van der Waals surface area contributed by atoms with Crippen molar-refractivity contribution in [2.24, 2.45) is 0 Å². The topological polar surface area (TPSA) is 66.5 Å². The molecule has 1 heterocycles. The number of benzene rings is 3. The summed E-state index contributed by atoms with van der Waals surface area (Å²) in [5.74, 6) is -0.184. The van der Waals surface area contributed by atoms with Crippen molar-refractivity contribution < 1.29 is 13.2 Å². The smallest absolute Gasteiger partial charge is 0.255 e. The number of rotatable bonds is 3. The van der Waals surface area contributed by atoms with Crippen LogP contribution in [0.1, 0.15) is 22.3 Å². The van der Waals surface area contributed by atoms with Gasteiger partial charge in [0, 0.05) is 17.8 Å². The molecule has 0 spiro atoms. The number of sulfonamides is 1. The number of carbonyl (C=O) groups is 1. The molecule has 0 aromatic heterocycles. The fourth-order valence-corrected chi connectivity index (χ4v) is 4.51. The molecule has 1 aliphatic rings. The normalized spacial score (nSPS) is 14.0. The van der Waals surface area contributed by atoms with Gasteiger partial charge in [0.1, 0.15) is 0 Å². The number of anilines is 2. The Morgan fingerprint density at radius 1 is 1.00 bits per heavy atom. The van der Waals surface area contributed by atoms with Crippen LogP contribution in [0.15, 0.2) is 60.7 Å². The van der Waals surface area contributed by atoms with Crippen molar-refractivity contribution in [3.05, 3.63) is 71.8 Å². The van der Waals surface area contributed by atoms with E-state index in [0.717, 1.165) is 29.2 Å². The summed E-state index contributed by atoms with van der Waals surface area (Å²) in [5.41, 5.74) is 2.89. The summed E-state index contributed by atoms with van der Waals surface area (Å²) in [5, 5.41) is 5.02. The molecule has 1 N–H and O–H groups in total. The van der Waals surface area contributed by atoms with Crippen molar-refractivity contribution in [3.63, 3.8) is 0 Å². The molecule has 4 rings (SSSR count). The van der Waals surface area contributed by atoms with E-state index in [0.29, 0.717) is 23.5 Å². The third kappa shape index (κ3) is 3.53. The Morgan fingerprint density at radius 2 is 1.78 bits per heavy atom. The van der Waals surface area contributed by atoms with Gasteiger partial charge in [-0.2, -0.15) is 0 Å². The van der Waals surface area contributed by atoms with E-state index in [-0.39, 0.29) is 5.91 Å². The first kappa shape index (κ1) is 17.5. The van der Waals surface area contributed by atoms with Gasteiger partial charge in [-0.25, -0.2) is 8.42 Å². The lowest BCUT2D eigenvalue weighted by atomic mass is 10.0. The molecule has 138 valence electrons. The minimum atomic E-state index is -3.29. The van der Waals surface area contributed by atoms with E-state index in [1.54, 1.807) is 12.1 Å². The van der Waals surface area contributed by atoms with Crippen molar-refractivity contribution in [3.8, 4) is 0 Å². The highest BCUT2D eigenvalue weighted by atomic mass is 32.2. The van der Waals surface area contributed by atoms with Gasteiger partial charge in [-0.3, -0.25) is 9.10 Å². The number of fused-ring (bicyclic) bond motifs is 2. The van der Waals surface area contributed by atoms with Crippen LogP contribution in [0.2, 0.25) is 0 Å². The van der Waals surface area contributed by atoms with Crippen LogP contribution in [0.5, 0.6) is 0 Å². The zero-order valence-corrected chi connectivity index (χ0v) is 15.8. The summed E-state index contributed by atoms with van der Waals surface area (Å²) in [6.07, 6.45) is 2.78. The minimum Gasteiger partial charge on any atom is -0.322 e. The van der Waals surface area contributed by atoms with Gasteiger partial charge >= 0.3 is 0 Å². The first-order chi connectivity index (χ1) is 12.9. The number of amides is 1. The predicted molar refractivity (Wildman–Crippen MR) is 109 cm³/mol. The number of carbonyl (C=O) groups excluding carboxylic acids is 1. The molecule has 3 aromatic carbocycles. The van der Waals surface area contributed by atoms with Crippen molar-refractivity contribution in [1.82, 2.24) is 0 Å². The number of nitrogens with one attached hydrogen (secondary N) is 1. The van der Waals surface area contributed by atoms with Gasteiger partial charge in [0.2, 0.25) is 10.0 Å². The molecule has 0 atom stereocenters. The van der Waals surface area contributed by atoms with Gasteiger partial charge in [0.25, 0.3) is 5.91 Å². The van der Waals surface area contributed by atoms with Gasteiger partial charge in [0.15, 0.2) is 0 Å². The van der Waals surface area contributed by atoms with Crippen LogP contribution in [0.4, 0.5) is 11.4 Å². The molecule has 0 unspecified atom stereocenters. The van der Waals surface area contributed by atoms with Gasteiger partial charge < -0.3 is 5.32 Å². The number of nitrogens with zero attached hydrogens (tertiary/aromatic N) is 1. The Bertz CT molecular complexity index is 1140. The SMILES string of the molecule is CS(=O)(=O)N1CCCc2cc(NC(=O)c3ccc4ccccc4c3)ccc21. The molecule has 3 aromatic rings. The lowest BCUT2D eigenvalue weighted by molar-refractivity contribution is 0.102. The second kappa shape index (κ2) is 6.70. The molecular weight excluding hydrogens is 360 g/mol. The fourth-order valence-electron chi connectivity index (χ4n) is 3.52. The summed E-state index contributed by atoms with van der Waals surface area (Å²) in [4.78, 5) is 12.6. The lowest BCUT2D eigenvalue weighted by Gasteiger charge is -2.29. The molecule has 6 heteroatoms. The van der Waals surface area contributed by atoms with Gasteiger partial charge in [-0.05, 0) is 59.5 Å². The molecular formula is C21H20N2O3S. The monoisotopic (exact) mass is 380 g/mol. The number of hydrogen-bond acceptors (Lipinski definition) is 3. The van der Waals surface area contributed by atoms with Crippen LogP contribution in [0.3, 0.4) is 0 Å². The molecule has 0 saturated carbocycles. The fraction of sp³-hybridized carbons (Fsp3) is 0.190. The maximum absolute atomic E-state index is 12.6. The Morgan fingerprint density at radius 3 is 2.56 bits per heavy atom. The maximum Gasteiger partial charge on any atom is 0.255 e. The quantitative estimate of drug-likeness (QED) is 0.751. The van der Waals surface area contributed by atoms with E-state index in [2.05, 4.69) is 5.32 Å². The predicted octanol–water partition coefficient (Wildman–Crippen LogP) is 3.80. The summed E-state index contributed by atoms with van der Waals surface area (Å²) in [6.45, 7) is 0.495. The molecule has 27 heavy (non-hydrogen) atoms. The molecule has 0 radical (unpaired) electrons. The van der Waals surface area contributed by atoms with Crippen molar-refractivity contribution in [2.75, 3.05) is 22.4 Å². The summed E-state index contributed by atoms with van der Waals surface area (Å²) in [6, 6.07) is 18.9. The highest BCUT2D eigenvalue weighted by molar-refractivity contribution is 7.92. The maximum atomic E-state index is 12.6. The third-order valence-electron chi connectivity index (χ3n) is 4.83. The Hall–Kier alpha value is -2.86. The highest BCUT2D eigenvalue weighted by Crippen LogP contribution is 2.31. The van der Waals surface area contributed by atoms with Crippen LogP contribution in [-0.2, 0) is 16.4 Å². The van der Waals surface area contributed by atoms with Gasteiger partial charge in [-0.15, -0.1) is 0 Å². The third-order valence-corrected chi connectivity index (χ3v) is 6.01. The van der Waals surface area contributed by atoms with Crippen LogP contribution in [-0.4, -0.2) is 27.1 Å². The first-order valence-electron chi connectivity index (χ1n) is 8.83. The summed E-state index contributed by atoms with van der Waals surface area (Å²) in [7, 11) is -3.29. The van der Waals surface area contributed by atoms with Gasteiger partial charge in [0.05, 0.1) is 11.9 Å². The average molecular weight is 380 g/mol. The van der Waals surface area contributed by atoms with E-state index < -0.39 is 10.0 Å². The Labute approximate surface area is 158 Å². The van der Waals surface area contributed by atoms with E-state index in [1.165, 1.54) is 10.6 Å². The second-order valence-corrected chi connectivity index (χ2v) is 8.71. The summed E-state index contributed by atoms with van der Waals surface area (Å²) >= 11 is 0. The molecule has 0 bridgehead atoms. The van der Waals surface area contributed by atoms with Crippen LogP contribution >= 0.6 is 0 Å². The molecule has 0 aliphatic carbocycles. The molecule has 5 nitrogen and oxygen atoms in total. The molecule has 1 aliphatic heterocycles. The molecule has 0 fully saturated rings.